The van der Waals surface area contributed by atoms with Crippen LogP contribution in [0, 0.1) is 0 Å². The Morgan fingerprint density at radius 1 is 1.44 bits per heavy atom. The van der Waals surface area contributed by atoms with Gasteiger partial charge < -0.3 is 14.8 Å². The average molecular weight is 222 g/mol. The maximum Gasteiger partial charge on any atom is 0.216 e. The van der Waals surface area contributed by atoms with Crippen molar-refractivity contribution in [2.24, 2.45) is 0 Å². The van der Waals surface area contributed by atoms with E-state index in [0.717, 1.165) is 24.3 Å². The molecule has 4 heteroatoms. The van der Waals surface area contributed by atoms with Gasteiger partial charge in [-0.25, -0.2) is 4.98 Å². The van der Waals surface area contributed by atoms with Gasteiger partial charge >= 0.3 is 0 Å². The molecule has 0 aromatic carbocycles. The van der Waals surface area contributed by atoms with E-state index in [1.807, 2.05) is 12.3 Å². The van der Waals surface area contributed by atoms with Crippen molar-refractivity contribution < 1.29 is 9.47 Å². The van der Waals surface area contributed by atoms with Crippen LogP contribution in [0.15, 0.2) is 12.3 Å². The highest BCUT2D eigenvalue weighted by atomic mass is 16.5. The summed E-state index contributed by atoms with van der Waals surface area (Å²) in [6.45, 7) is 1.12. The summed E-state index contributed by atoms with van der Waals surface area (Å²) in [5, 5.41) is 3.47. The van der Waals surface area contributed by atoms with Crippen molar-refractivity contribution in [2.45, 2.75) is 25.3 Å². The maximum absolute atomic E-state index is 5.35. The van der Waals surface area contributed by atoms with Gasteiger partial charge in [0.15, 0.2) is 0 Å². The summed E-state index contributed by atoms with van der Waals surface area (Å²) in [5.41, 5.74) is 1.14. The van der Waals surface area contributed by atoms with Crippen LogP contribution < -0.4 is 14.8 Å². The first-order chi connectivity index (χ1) is 7.83. The minimum atomic E-state index is 0.559. The highest BCUT2D eigenvalue weighted by Crippen LogP contribution is 2.24. The Bertz CT molecular complexity index is 349. The molecule has 1 saturated heterocycles. The van der Waals surface area contributed by atoms with Crippen molar-refractivity contribution in [3.8, 4) is 11.6 Å². The lowest BCUT2D eigenvalue weighted by molar-refractivity contribution is 0.378. The molecule has 4 nitrogen and oxygen atoms in total. The zero-order chi connectivity index (χ0) is 11.4. The Morgan fingerprint density at radius 2 is 2.31 bits per heavy atom. The average Bonchev–Trinajstić information content (AvgIpc) is 2.82. The van der Waals surface area contributed by atoms with Crippen molar-refractivity contribution in [1.82, 2.24) is 10.3 Å². The van der Waals surface area contributed by atoms with E-state index in [4.69, 9.17) is 9.47 Å². The van der Waals surface area contributed by atoms with Gasteiger partial charge in [0.1, 0.15) is 5.75 Å². The van der Waals surface area contributed by atoms with Crippen LogP contribution in [0.3, 0.4) is 0 Å². The number of nitrogens with zero attached hydrogens (tertiary/aromatic N) is 1. The smallest absolute Gasteiger partial charge is 0.216 e. The first-order valence-corrected chi connectivity index (χ1v) is 5.63. The van der Waals surface area contributed by atoms with E-state index < -0.39 is 0 Å². The lowest BCUT2D eigenvalue weighted by Gasteiger charge is -2.13. The number of methoxy groups -OCH3 is 2. The Kier molecular flexibility index (Phi) is 3.62. The zero-order valence-electron chi connectivity index (χ0n) is 9.82. The maximum atomic E-state index is 5.35. The van der Waals surface area contributed by atoms with Crippen molar-refractivity contribution in [2.75, 3.05) is 20.8 Å². The molecule has 1 N–H and O–H groups in total. The van der Waals surface area contributed by atoms with E-state index in [9.17, 15) is 0 Å². The molecule has 1 aliphatic heterocycles. The van der Waals surface area contributed by atoms with Gasteiger partial charge in [0, 0.05) is 23.9 Å². The van der Waals surface area contributed by atoms with Gasteiger partial charge in [-0.1, -0.05) is 0 Å². The van der Waals surface area contributed by atoms with Crippen molar-refractivity contribution in [3.05, 3.63) is 17.8 Å². The molecule has 0 spiro atoms. The molecule has 1 atom stereocenters. The van der Waals surface area contributed by atoms with Crippen LogP contribution in [-0.4, -0.2) is 31.8 Å². The van der Waals surface area contributed by atoms with Gasteiger partial charge in [0.2, 0.25) is 5.88 Å². The molecule has 0 radical (unpaired) electrons. The first kappa shape index (κ1) is 11.2. The quantitative estimate of drug-likeness (QED) is 0.836. The molecule has 1 fully saturated rings. The summed E-state index contributed by atoms with van der Waals surface area (Å²) in [6.07, 6.45) is 5.31. The van der Waals surface area contributed by atoms with Crippen molar-refractivity contribution in [1.29, 1.82) is 0 Å². The molecule has 1 aromatic rings. The molecule has 1 unspecified atom stereocenters. The topological polar surface area (TPSA) is 43.4 Å². The lowest BCUT2D eigenvalue weighted by atomic mass is 10.1. The Morgan fingerprint density at radius 3 is 2.94 bits per heavy atom. The molecule has 2 rings (SSSR count). The third-order valence-electron chi connectivity index (χ3n) is 2.98. The zero-order valence-corrected chi connectivity index (χ0v) is 9.82. The van der Waals surface area contributed by atoms with Crippen molar-refractivity contribution in [3.63, 3.8) is 0 Å². The van der Waals surface area contributed by atoms with Gasteiger partial charge in [0.05, 0.1) is 14.2 Å². The molecule has 88 valence electrons. The van der Waals surface area contributed by atoms with Gasteiger partial charge in [-0.05, 0) is 25.8 Å². The normalized spacial score (nSPS) is 19.8. The predicted molar refractivity (Wildman–Crippen MR) is 62.1 cm³/mol. The first-order valence-electron chi connectivity index (χ1n) is 5.63. The number of pyridine rings is 1. The number of hydrogen-bond donors (Lipinski definition) is 1. The summed E-state index contributed by atoms with van der Waals surface area (Å²) in [6, 6.07) is 2.40. The highest BCUT2D eigenvalue weighted by Gasteiger charge is 2.17. The van der Waals surface area contributed by atoms with Crippen LogP contribution in [0.1, 0.15) is 18.4 Å². The Hall–Kier alpha value is -1.29. The van der Waals surface area contributed by atoms with E-state index in [1.54, 1.807) is 14.2 Å². The van der Waals surface area contributed by atoms with Gasteiger partial charge in [0.25, 0.3) is 0 Å². The van der Waals surface area contributed by atoms with Crippen LogP contribution in [0.4, 0.5) is 0 Å². The largest absolute Gasteiger partial charge is 0.496 e. The summed E-state index contributed by atoms with van der Waals surface area (Å²) >= 11 is 0. The Balaban J connectivity index is 2.12. The van der Waals surface area contributed by atoms with E-state index in [1.165, 1.54) is 12.8 Å². The molecule has 0 amide bonds. The van der Waals surface area contributed by atoms with Crippen LogP contribution in [-0.2, 0) is 6.42 Å². The number of hydrogen-bond acceptors (Lipinski definition) is 4. The summed E-state index contributed by atoms with van der Waals surface area (Å²) < 4.78 is 10.4. The van der Waals surface area contributed by atoms with E-state index in [-0.39, 0.29) is 0 Å². The van der Waals surface area contributed by atoms with Gasteiger partial charge in [-0.2, -0.15) is 0 Å². The van der Waals surface area contributed by atoms with Crippen LogP contribution in [0.2, 0.25) is 0 Å². The molecule has 16 heavy (non-hydrogen) atoms. The SMILES string of the molecule is COc1cc(OC)c(CC2CCCN2)cn1. The number of nitrogens with one attached hydrogen (secondary N) is 1. The molecular formula is C12H18N2O2. The summed E-state index contributed by atoms with van der Waals surface area (Å²) in [4.78, 5) is 4.22. The Labute approximate surface area is 96.0 Å². The molecule has 0 bridgehead atoms. The fourth-order valence-corrected chi connectivity index (χ4v) is 2.10. The van der Waals surface area contributed by atoms with E-state index in [0.29, 0.717) is 11.9 Å². The second-order valence-corrected chi connectivity index (χ2v) is 4.04. The highest BCUT2D eigenvalue weighted by molar-refractivity contribution is 5.36. The van der Waals surface area contributed by atoms with Crippen LogP contribution >= 0.6 is 0 Å². The molecule has 0 aliphatic carbocycles. The monoisotopic (exact) mass is 222 g/mol. The van der Waals surface area contributed by atoms with E-state index in [2.05, 4.69) is 10.3 Å². The summed E-state index contributed by atoms with van der Waals surface area (Å²) in [7, 11) is 3.29. The fraction of sp³-hybridized carbons (Fsp3) is 0.583. The van der Waals surface area contributed by atoms with Crippen LogP contribution in [0.25, 0.3) is 0 Å². The predicted octanol–water partition coefficient (Wildman–Crippen LogP) is 1.39. The molecular weight excluding hydrogens is 204 g/mol. The number of rotatable bonds is 4. The second-order valence-electron chi connectivity index (χ2n) is 4.04. The number of ether oxygens (including phenoxy) is 2. The standard InChI is InChI=1S/C12H18N2O2/c1-15-11-7-12(16-2)14-8-9(11)6-10-4-3-5-13-10/h7-8,10,13H,3-6H2,1-2H3. The third kappa shape index (κ3) is 2.44. The molecule has 2 heterocycles. The number of aromatic nitrogens is 1. The minimum absolute atomic E-state index is 0.559. The fourth-order valence-electron chi connectivity index (χ4n) is 2.10. The third-order valence-corrected chi connectivity index (χ3v) is 2.98. The second kappa shape index (κ2) is 5.16. The minimum Gasteiger partial charge on any atom is -0.496 e. The molecule has 1 aromatic heterocycles. The van der Waals surface area contributed by atoms with Crippen LogP contribution in [0.5, 0.6) is 11.6 Å². The summed E-state index contributed by atoms with van der Waals surface area (Å²) in [5.74, 6) is 1.46. The van der Waals surface area contributed by atoms with Gasteiger partial charge in [-0.15, -0.1) is 0 Å². The molecule has 0 saturated carbocycles. The van der Waals surface area contributed by atoms with E-state index >= 15 is 0 Å². The van der Waals surface area contributed by atoms with Crippen molar-refractivity contribution >= 4 is 0 Å². The van der Waals surface area contributed by atoms with Gasteiger partial charge in [-0.3, -0.25) is 0 Å². The lowest BCUT2D eigenvalue weighted by Crippen LogP contribution is -2.23. The molecule has 1 aliphatic rings.